The van der Waals surface area contributed by atoms with Gasteiger partial charge in [0.15, 0.2) is 5.16 Å². The van der Waals surface area contributed by atoms with Gasteiger partial charge in [-0.3, -0.25) is 9.36 Å². The van der Waals surface area contributed by atoms with E-state index in [1.165, 1.54) is 16.7 Å². The van der Waals surface area contributed by atoms with E-state index in [0.717, 1.165) is 34.2 Å². The van der Waals surface area contributed by atoms with Crippen LogP contribution in [0.15, 0.2) is 58.5 Å². The molecule has 0 aliphatic heterocycles. The van der Waals surface area contributed by atoms with Gasteiger partial charge < -0.3 is 0 Å². The van der Waals surface area contributed by atoms with Crippen LogP contribution in [-0.4, -0.2) is 9.55 Å². The average Bonchev–Trinajstić information content (AvgIpc) is 2.66. The number of nitrogens with zero attached hydrogens (tertiary/aromatic N) is 2. The molecule has 0 spiro atoms. The minimum atomic E-state index is 0.0646. The first kappa shape index (κ1) is 19.4. The summed E-state index contributed by atoms with van der Waals surface area (Å²) in [6.07, 6.45) is 1.39. The first-order valence-electron chi connectivity index (χ1n) is 9.30. The fourth-order valence-electron chi connectivity index (χ4n) is 3.13. The Balaban J connectivity index is 1.88. The van der Waals surface area contributed by atoms with Crippen LogP contribution in [0.3, 0.4) is 0 Å². The summed E-state index contributed by atoms with van der Waals surface area (Å²) in [7, 11) is 1.83. The van der Waals surface area contributed by atoms with Gasteiger partial charge >= 0.3 is 0 Å². The fraction of sp³-hybridized carbons (Fsp3) is 0.304. The lowest BCUT2D eigenvalue weighted by molar-refractivity contribution is 0.674. The van der Waals surface area contributed by atoms with E-state index in [2.05, 4.69) is 63.2 Å². The molecular formula is C23H26N2OS. The van der Waals surface area contributed by atoms with E-state index in [9.17, 15) is 4.79 Å². The molecule has 0 saturated heterocycles. The highest BCUT2D eigenvalue weighted by Gasteiger charge is 2.15. The van der Waals surface area contributed by atoms with Crippen LogP contribution >= 0.6 is 11.8 Å². The Hall–Kier alpha value is -2.33. The monoisotopic (exact) mass is 378 g/mol. The Kier molecular flexibility index (Phi) is 6.17. The SMILES string of the molecule is CCc1nc(SCc2ccc(C)cc2)n(C)c(=O)c1Cc1cccc(C)c1. The van der Waals surface area contributed by atoms with Gasteiger partial charge in [0.05, 0.1) is 5.69 Å². The molecule has 0 radical (unpaired) electrons. The Morgan fingerprint density at radius 3 is 2.41 bits per heavy atom. The molecule has 0 bridgehead atoms. The van der Waals surface area contributed by atoms with Crippen LogP contribution in [0.1, 0.15) is 40.4 Å². The molecule has 27 heavy (non-hydrogen) atoms. The molecular weight excluding hydrogens is 352 g/mol. The van der Waals surface area contributed by atoms with Crippen LogP contribution < -0.4 is 5.56 Å². The Morgan fingerprint density at radius 1 is 1.00 bits per heavy atom. The highest BCUT2D eigenvalue weighted by Crippen LogP contribution is 2.22. The summed E-state index contributed by atoms with van der Waals surface area (Å²) in [5, 5.41) is 0.783. The van der Waals surface area contributed by atoms with E-state index in [4.69, 9.17) is 4.98 Å². The van der Waals surface area contributed by atoms with Gasteiger partial charge in [-0.05, 0) is 31.4 Å². The molecule has 1 heterocycles. The summed E-state index contributed by atoms with van der Waals surface area (Å²) in [6.45, 7) is 6.23. The van der Waals surface area contributed by atoms with E-state index < -0.39 is 0 Å². The fourth-order valence-corrected chi connectivity index (χ4v) is 4.07. The molecule has 0 aliphatic carbocycles. The third-order valence-corrected chi connectivity index (χ3v) is 5.82. The molecule has 0 saturated carbocycles. The Morgan fingerprint density at radius 2 is 1.74 bits per heavy atom. The molecule has 0 amide bonds. The second kappa shape index (κ2) is 8.57. The Bertz CT molecular complexity index is 990. The van der Waals surface area contributed by atoms with E-state index in [1.807, 2.05) is 13.1 Å². The first-order chi connectivity index (χ1) is 13.0. The van der Waals surface area contributed by atoms with Gasteiger partial charge in [0.2, 0.25) is 0 Å². The van der Waals surface area contributed by atoms with Crippen LogP contribution in [0.2, 0.25) is 0 Å². The predicted molar refractivity (Wildman–Crippen MR) is 114 cm³/mol. The summed E-state index contributed by atoms with van der Waals surface area (Å²) in [4.78, 5) is 17.9. The van der Waals surface area contributed by atoms with Crippen LogP contribution in [0.25, 0.3) is 0 Å². The summed E-state index contributed by atoms with van der Waals surface area (Å²) < 4.78 is 1.70. The quantitative estimate of drug-likeness (QED) is 0.455. The highest BCUT2D eigenvalue weighted by molar-refractivity contribution is 7.98. The van der Waals surface area contributed by atoms with E-state index in [0.29, 0.717) is 6.42 Å². The number of hydrogen-bond acceptors (Lipinski definition) is 3. The lowest BCUT2D eigenvalue weighted by atomic mass is 10.0. The summed E-state index contributed by atoms with van der Waals surface area (Å²) in [5.41, 5.74) is 6.64. The minimum Gasteiger partial charge on any atom is -0.291 e. The highest BCUT2D eigenvalue weighted by atomic mass is 32.2. The van der Waals surface area contributed by atoms with Gasteiger partial charge in [-0.15, -0.1) is 0 Å². The molecule has 0 N–H and O–H groups in total. The maximum absolute atomic E-state index is 13.0. The van der Waals surface area contributed by atoms with Gasteiger partial charge in [0.25, 0.3) is 5.56 Å². The number of aryl methyl sites for hydroxylation is 3. The zero-order valence-electron chi connectivity index (χ0n) is 16.5. The third kappa shape index (κ3) is 4.69. The zero-order chi connectivity index (χ0) is 19.4. The predicted octanol–water partition coefficient (Wildman–Crippen LogP) is 4.84. The van der Waals surface area contributed by atoms with E-state index in [-0.39, 0.29) is 5.56 Å². The Labute approximate surface area is 165 Å². The third-order valence-electron chi connectivity index (χ3n) is 4.72. The molecule has 3 aromatic rings. The average molecular weight is 379 g/mol. The van der Waals surface area contributed by atoms with Crippen molar-refractivity contribution in [3.63, 3.8) is 0 Å². The van der Waals surface area contributed by atoms with Crippen LogP contribution in [-0.2, 0) is 25.6 Å². The molecule has 2 aromatic carbocycles. The number of thioether (sulfide) groups is 1. The number of hydrogen-bond donors (Lipinski definition) is 0. The van der Waals surface area contributed by atoms with Crippen molar-refractivity contribution in [1.82, 2.24) is 9.55 Å². The van der Waals surface area contributed by atoms with Crippen molar-refractivity contribution in [1.29, 1.82) is 0 Å². The minimum absolute atomic E-state index is 0.0646. The number of benzene rings is 2. The van der Waals surface area contributed by atoms with Crippen LogP contribution in [0, 0.1) is 13.8 Å². The number of rotatable bonds is 6. The number of aromatic nitrogens is 2. The normalized spacial score (nSPS) is 11.0. The summed E-state index contributed by atoms with van der Waals surface area (Å²) >= 11 is 1.62. The maximum atomic E-state index is 13.0. The molecule has 0 atom stereocenters. The first-order valence-corrected chi connectivity index (χ1v) is 10.3. The molecule has 4 heteroatoms. The lowest BCUT2D eigenvalue weighted by Gasteiger charge is -2.13. The van der Waals surface area contributed by atoms with Crippen molar-refractivity contribution in [2.75, 3.05) is 0 Å². The molecule has 0 unspecified atom stereocenters. The van der Waals surface area contributed by atoms with Crippen molar-refractivity contribution in [3.05, 3.63) is 92.4 Å². The van der Waals surface area contributed by atoms with Crippen molar-refractivity contribution in [2.24, 2.45) is 7.05 Å². The standard InChI is InChI=1S/C23H26N2OS/c1-5-21-20(14-19-8-6-7-17(3)13-19)22(26)25(4)23(24-21)27-15-18-11-9-16(2)10-12-18/h6-13H,5,14-15H2,1-4H3. The lowest BCUT2D eigenvalue weighted by Crippen LogP contribution is -2.26. The summed E-state index contributed by atoms with van der Waals surface area (Å²) in [6, 6.07) is 16.8. The van der Waals surface area contributed by atoms with E-state index >= 15 is 0 Å². The van der Waals surface area contributed by atoms with Crippen LogP contribution in [0.5, 0.6) is 0 Å². The zero-order valence-corrected chi connectivity index (χ0v) is 17.3. The van der Waals surface area contributed by atoms with Gasteiger partial charge in [-0.1, -0.05) is 78.3 Å². The second-order valence-electron chi connectivity index (χ2n) is 6.98. The van der Waals surface area contributed by atoms with Crippen molar-refractivity contribution < 1.29 is 0 Å². The molecule has 0 fully saturated rings. The van der Waals surface area contributed by atoms with Gasteiger partial charge in [0, 0.05) is 24.8 Å². The molecule has 3 rings (SSSR count). The van der Waals surface area contributed by atoms with Crippen LogP contribution in [0.4, 0.5) is 0 Å². The van der Waals surface area contributed by atoms with Gasteiger partial charge in [0.1, 0.15) is 0 Å². The van der Waals surface area contributed by atoms with Crippen molar-refractivity contribution in [2.45, 2.75) is 44.5 Å². The smallest absolute Gasteiger partial charge is 0.257 e. The molecule has 1 aromatic heterocycles. The van der Waals surface area contributed by atoms with E-state index in [1.54, 1.807) is 16.3 Å². The molecule has 140 valence electrons. The van der Waals surface area contributed by atoms with Gasteiger partial charge in [-0.25, -0.2) is 4.98 Å². The van der Waals surface area contributed by atoms with Crippen molar-refractivity contribution in [3.8, 4) is 0 Å². The van der Waals surface area contributed by atoms with Crippen molar-refractivity contribution >= 4 is 11.8 Å². The second-order valence-corrected chi connectivity index (χ2v) is 7.92. The molecule has 0 aliphatic rings. The molecule has 3 nitrogen and oxygen atoms in total. The topological polar surface area (TPSA) is 34.9 Å². The van der Waals surface area contributed by atoms with Gasteiger partial charge in [-0.2, -0.15) is 0 Å². The maximum Gasteiger partial charge on any atom is 0.257 e. The summed E-state index contributed by atoms with van der Waals surface area (Å²) in [5.74, 6) is 0.806. The largest absolute Gasteiger partial charge is 0.291 e.